The molecule has 168 valence electrons. The Morgan fingerprint density at radius 2 is 1.72 bits per heavy atom. The van der Waals surface area contributed by atoms with Gasteiger partial charge in [0, 0.05) is 56.8 Å². The number of carbonyl (C=O) groups excluding carboxylic acids is 2. The minimum atomic E-state index is -0.153. The average Bonchev–Trinajstić information content (AvgIpc) is 3.30. The Balaban J connectivity index is 1.28. The monoisotopic (exact) mass is 433 g/mol. The zero-order chi connectivity index (χ0) is 22.5. The lowest BCUT2D eigenvalue weighted by atomic mass is 10.1. The minimum absolute atomic E-state index is 0.117. The van der Waals surface area contributed by atoms with Crippen LogP contribution in [0.15, 0.2) is 53.6 Å². The normalized spacial score (nSPS) is 16.8. The van der Waals surface area contributed by atoms with E-state index in [9.17, 15) is 9.59 Å². The van der Waals surface area contributed by atoms with Gasteiger partial charge in [0.15, 0.2) is 0 Å². The summed E-state index contributed by atoms with van der Waals surface area (Å²) in [6.45, 7) is 6.70. The van der Waals surface area contributed by atoms with Gasteiger partial charge in [-0.2, -0.15) is 5.10 Å². The molecule has 4 rings (SSSR count). The third-order valence-electron chi connectivity index (χ3n) is 6.12. The lowest BCUT2D eigenvalue weighted by Gasteiger charge is -2.34. The van der Waals surface area contributed by atoms with Crippen LogP contribution >= 0.6 is 0 Å². The van der Waals surface area contributed by atoms with Crippen LogP contribution < -0.4 is 10.2 Å². The van der Waals surface area contributed by atoms with Crippen LogP contribution in [0.1, 0.15) is 30.4 Å². The summed E-state index contributed by atoms with van der Waals surface area (Å²) in [5, 5.41) is 8.90. The van der Waals surface area contributed by atoms with Crippen molar-refractivity contribution in [2.75, 3.05) is 50.0 Å². The molecule has 2 aliphatic rings. The van der Waals surface area contributed by atoms with E-state index in [-0.39, 0.29) is 24.7 Å². The SMILES string of the molecule is Cc1cc(N2CCN(C)CC2)ccc1NC(=O)CCC(=O)N1CCC(c2ccccc2)=N1. The quantitative estimate of drug-likeness (QED) is 0.760. The Bertz CT molecular complexity index is 997. The van der Waals surface area contributed by atoms with E-state index in [1.54, 1.807) is 0 Å². The van der Waals surface area contributed by atoms with Gasteiger partial charge < -0.3 is 15.1 Å². The maximum atomic E-state index is 12.5. The van der Waals surface area contributed by atoms with Crippen LogP contribution in [0.2, 0.25) is 0 Å². The molecule has 7 heteroatoms. The molecule has 1 saturated heterocycles. The Morgan fingerprint density at radius 1 is 0.969 bits per heavy atom. The number of hydrogen-bond acceptors (Lipinski definition) is 5. The Hall–Kier alpha value is -3.19. The van der Waals surface area contributed by atoms with Crippen molar-refractivity contribution >= 4 is 28.9 Å². The van der Waals surface area contributed by atoms with Gasteiger partial charge in [0.05, 0.1) is 12.3 Å². The predicted molar refractivity (Wildman–Crippen MR) is 128 cm³/mol. The van der Waals surface area contributed by atoms with Crippen molar-refractivity contribution in [3.63, 3.8) is 0 Å². The molecule has 0 unspecified atom stereocenters. The van der Waals surface area contributed by atoms with E-state index in [0.29, 0.717) is 6.54 Å². The summed E-state index contributed by atoms with van der Waals surface area (Å²) in [6, 6.07) is 16.0. The molecule has 1 fully saturated rings. The van der Waals surface area contributed by atoms with E-state index in [2.05, 4.69) is 39.4 Å². The number of carbonyl (C=O) groups is 2. The smallest absolute Gasteiger partial charge is 0.243 e. The van der Waals surface area contributed by atoms with Crippen LogP contribution in [0.3, 0.4) is 0 Å². The minimum Gasteiger partial charge on any atom is -0.369 e. The highest BCUT2D eigenvalue weighted by Crippen LogP contribution is 2.24. The van der Waals surface area contributed by atoms with Crippen molar-refractivity contribution < 1.29 is 9.59 Å². The Morgan fingerprint density at radius 3 is 2.44 bits per heavy atom. The number of piperazine rings is 1. The number of nitrogens with zero attached hydrogens (tertiary/aromatic N) is 4. The number of benzene rings is 2. The number of likely N-dealkylation sites (N-methyl/N-ethyl adjacent to an activating group) is 1. The largest absolute Gasteiger partial charge is 0.369 e. The van der Waals surface area contributed by atoms with Gasteiger partial charge in [-0.25, -0.2) is 5.01 Å². The summed E-state index contributed by atoms with van der Waals surface area (Å²) in [5.41, 5.74) is 4.96. The molecule has 2 amide bonds. The first-order valence-corrected chi connectivity index (χ1v) is 11.3. The molecule has 0 aromatic heterocycles. The number of hydrazone groups is 1. The van der Waals surface area contributed by atoms with Crippen molar-refractivity contribution in [3.8, 4) is 0 Å². The number of hydrogen-bond donors (Lipinski definition) is 1. The van der Waals surface area contributed by atoms with E-state index < -0.39 is 0 Å². The maximum Gasteiger partial charge on any atom is 0.243 e. The Labute approximate surface area is 189 Å². The van der Waals surface area contributed by atoms with Crippen LogP contribution in [0.25, 0.3) is 0 Å². The fraction of sp³-hybridized carbons (Fsp3) is 0.400. The lowest BCUT2D eigenvalue weighted by Crippen LogP contribution is -2.44. The molecule has 2 heterocycles. The molecule has 0 saturated carbocycles. The van der Waals surface area contributed by atoms with Crippen LogP contribution in [-0.4, -0.2) is 67.2 Å². The fourth-order valence-corrected chi connectivity index (χ4v) is 4.08. The summed E-state index contributed by atoms with van der Waals surface area (Å²) in [6.07, 6.45) is 1.03. The topological polar surface area (TPSA) is 68.2 Å². The number of amides is 2. The molecule has 7 nitrogen and oxygen atoms in total. The molecule has 1 N–H and O–H groups in total. The van der Waals surface area contributed by atoms with E-state index >= 15 is 0 Å². The molecule has 32 heavy (non-hydrogen) atoms. The predicted octanol–water partition coefficient (Wildman–Crippen LogP) is 3.10. The van der Waals surface area contributed by atoms with Gasteiger partial charge in [-0.15, -0.1) is 0 Å². The number of anilines is 2. The summed E-state index contributed by atoms with van der Waals surface area (Å²) in [5.74, 6) is -0.270. The average molecular weight is 434 g/mol. The van der Waals surface area contributed by atoms with Gasteiger partial charge in [0.2, 0.25) is 11.8 Å². The van der Waals surface area contributed by atoms with Crippen LogP contribution in [-0.2, 0) is 9.59 Å². The van der Waals surface area contributed by atoms with Gasteiger partial charge in [0.25, 0.3) is 0 Å². The molecular formula is C25H31N5O2. The van der Waals surface area contributed by atoms with Gasteiger partial charge >= 0.3 is 0 Å². The van der Waals surface area contributed by atoms with Gasteiger partial charge in [-0.3, -0.25) is 9.59 Å². The highest BCUT2D eigenvalue weighted by molar-refractivity contribution is 6.02. The molecule has 0 radical (unpaired) electrons. The summed E-state index contributed by atoms with van der Waals surface area (Å²) in [7, 11) is 2.14. The van der Waals surface area contributed by atoms with E-state index in [4.69, 9.17) is 0 Å². The van der Waals surface area contributed by atoms with Gasteiger partial charge in [0.1, 0.15) is 0 Å². The van der Waals surface area contributed by atoms with Crippen LogP contribution in [0.4, 0.5) is 11.4 Å². The maximum absolute atomic E-state index is 12.5. The highest BCUT2D eigenvalue weighted by Gasteiger charge is 2.22. The standard InChI is InChI=1S/C25H31N5O2/c1-19-18-21(29-16-14-28(2)15-17-29)8-9-22(19)26-24(31)10-11-25(32)30-13-12-23(27-30)20-6-4-3-5-7-20/h3-9,18H,10-17H2,1-2H3,(H,26,31). The fourth-order valence-electron chi connectivity index (χ4n) is 4.08. The first kappa shape index (κ1) is 22.0. The zero-order valence-electron chi connectivity index (χ0n) is 18.9. The molecule has 2 aromatic carbocycles. The summed E-state index contributed by atoms with van der Waals surface area (Å²) >= 11 is 0. The zero-order valence-corrected chi connectivity index (χ0v) is 18.9. The molecule has 2 aliphatic heterocycles. The van der Waals surface area contributed by atoms with Gasteiger partial charge in [-0.05, 0) is 43.3 Å². The van der Waals surface area contributed by atoms with Crippen molar-refractivity contribution in [2.45, 2.75) is 26.2 Å². The molecule has 2 aromatic rings. The van der Waals surface area contributed by atoms with E-state index in [1.807, 2.05) is 43.3 Å². The first-order valence-electron chi connectivity index (χ1n) is 11.3. The second-order valence-corrected chi connectivity index (χ2v) is 8.52. The Kier molecular flexibility index (Phi) is 6.85. The van der Waals surface area contributed by atoms with Crippen LogP contribution in [0.5, 0.6) is 0 Å². The van der Waals surface area contributed by atoms with E-state index in [0.717, 1.165) is 55.1 Å². The molecule has 0 aliphatic carbocycles. The number of nitrogens with one attached hydrogen (secondary N) is 1. The first-order chi connectivity index (χ1) is 15.5. The summed E-state index contributed by atoms with van der Waals surface area (Å²) in [4.78, 5) is 29.7. The summed E-state index contributed by atoms with van der Waals surface area (Å²) < 4.78 is 0. The van der Waals surface area contributed by atoms with Crippen molar-refractivity contribution in [2.24, 2.45) is 5.10 Å². The van der Waals surface area contributed by atoms with Crippen LogP contribution in [0, 0.1) is 6.92 Å². The molecule has 0 atom stereocenters. The van der Waals surface area contributed by atoms with Crippen molar-refractivity contribution in [3.05, 3.63) is 59.7 Å². The van der Waals surface area contributed by atoms with E-state index in [1.165, 1.54) is 10.7 Å². The highest BCUT2D eigenvalue weighted by atomic mass is 16.2. The molecule has 0 spiro atoms. The third kappa shape index (κ3) is 5.34. The van der Waals surface area contributed by atoms with Gasteiger partial charge in [-0.1, -0.05) is 30.3 Å². The van der Waals surface area contributed by atoms with Crippen molar-refractivity contribution in [1.82, 2.24) is 9.91 Å². The molecule has 0 bridgehead atoms. The number of aryl methyl sites for hydroxylation is 1. The van der Waals surface area contributed by atoms with Crippen molar-refractivity contribution in [1.29, 1.82) is 0 Å². The second kappa shape index (κ2) is 9.96. The lowest BCUT2D eigenvalue weighted by molar-refractivity contribution is -0.132. The number of rotatable bonds is 6. The molecular weight excluding hydrogens is 402 g/mol. The third-order valence-corrected chi connectivity index (χ3v) is 6.12. The second-order valence-electron chi connectivity index (χ2n) is 8.52.